The van der Waals surface area contributed by atoms with Crippen LogP contribution < -0.4 is 4.74 Å². The minimum Gasteiger partial charge on any atom is -0.496 e. The molecule has 1 heterocycles. The number of thiocarbonyl (C=S) groups is 1. The topological polar surface area (TPSA) is 66.8 Å². The summed E-state index contributed by atoms with van der Waals surface area (Å²) in [5, 5.41) is 8.68. The number of amides is 1. The van der Waals surface area contributed by atoms with Gasteiger partial charge in [-0.15, -0.1) is 0 Å². The minimum absolute atomic E-state index is 0.00949. The van der Waals surface area contributed by atoms with Crippen LogP contribution in [0.2, 0.25) is 0 Å². The number of aliphatic carboxylic acids is 1. The first kappa shape index (κ1) is 18.0. The van der Waals surface area contributed by atoms with Gasteiger partial charge in [-0.25, -0.2) is 0 Å². The highest BCUT2D eigenvalue weighted by Gasteiger charge is 2.31. The Balaban J connectivity index is 2.18. The van der Waals surface area contributed by atoms with Crippen LogP contribution in [0.5, 0.6) is 5.75 Å². The molecule has 1 saturated heterocycles. The van der Waals surface area contributed by atoms with Crippen LogP contribution in [0.25, 0.3) is 6.08 Å². The predicted octanol–water partition coefficient (Wildman–Crippen LogP) is 3.52. The average molecular weight is 416 g/mol. The van der Waals surface area contributed by atoms with Crippen molar-refractivity contribution in [1.29, 1.82) is 0 Å². The number of nitrogens with zero attached hydrogens (tertiary/aromatic N) is 1. The van der Waals surface area contributed by atoms with Gasteiger partial charge in [0, 0.05) is 23.0 Å². The molecule has 0 unspecified atom stereocenters. The lowest BCUT2D eigenvalue weighted by molar-refractivity contribution is -0.137. The summed E-state index contributed by atoms with van der Waals surface area (Å²) in [5.74, 6) is -0.429. The number of ether oxygens (including phenoxy) is 1. The fraction of sp³-hybridized carbons (Fsp3) is 0.267. The fourth-order valence-corrected chi connectivity index (χ4v) is 3.72. The molecule has 1 N–H and O–H groups in total. The number of carboxylic acid groups (broad SMARTS) is 1. The van der Waals surface area contributed by atoms with Crippen molar-refractivity contribution >= 4 is 62.2 Å². The van der Waals surface area contributed by atoms with E-state index >= 15 is 0 Å². The monoisotopic (exact) mass is 415 g/mol. The first-order chi connectivity index (χ1) is 10.9. The molecule has 0 spiro atoms. The standard InChI is InChI=1S/C15H14BrNO4S2/c1-21-11-5-4-10(16)7-9(11)8-12-14(20)17(15(22)23-12)6-2-3-13(18)19/h4-5,7-8H,2-3,6H2,1H3,(H,18,19)/b12-8+. The first-order valence-electron chi connectivity index (χ1n) is 6.73. The second-order valence-corrected chi connectivity index (χ2v) is 7.31. The van der Waals surface area contributed by atoms with Crippen molar-refractivity contribution in [1.82, 2.24) is 4.90 Å². The Kier molecular flexibility index (Phi) is 6.20. The van der Waals surface area contributed by atoms with Crippen LogP contribution in [0.4, 0.5) is 0 Å². The van der Waals surface area contributed by atoms with E-state index in [2.05, 4.69) is 15.9 Å². The molecule has 1 amide bonds. The SMILES string of the molecule is COc1ccc(Br)cc1/C=C1/SC(=S)N(CCCC(=O)O)C1=O. The van der Waals surface area contributed by atoms with Gasteiger partial charge >= 0.3 is 5.97 Å². The highest BCUT2D eigenvalue weighted by Crippen LogP contribution is 2.35. The van der Waals surface area contributed by atoms with E-state index in [9.17, 15) is 9.59 Å². The molecular weight excluding hydrogens is 402 g/mol. The summed E-state index contributed by atoms with van der Waals surface area (Å²) in [7, 11) is 1.57. The summed E-state index contributed by atoms with van der Waals surface area (Å²) in [6.45, 7) is 0.309. The van der Waals surface area contributed by atoms with E-state index in [1.165, 1.54) is 16.7 Å². The molecule has 0 radical (unpaired) electrons. The van der Waals surface area contributed by atoms with Gasteiger partial charge in [0.2, 0.25) is 0 Å². The molecule has 8 heteroatoms. The van der Waals surface area contributed by atoms with Crippen molar-refractivity contribution in [2.24, 2.45) is 0 Å². The van der Waals surface area contributed by atoms with Crippen LogP contribution >= 0.6 is 39.9 Å². The van der Waals surface area contributed by atoms with Gasteiger partial charge in [-0.2, -0.15) is 0 Å². The second kappa shape index (κ2) is 7.94. The van der Waals surface area contributed by atoms with Crippen molar-refractivity contribution in [3.05, 3.63) is 33.1 Å². The predicted molar refractivity (Wildman–Crippen MR) is 97.4 cm³/mol. The molecule has 2 rings (SSSR count). The third kappa shape index (κ3) is 4.55. The number of benzene rings is 1. The molecular formula is C15H14BrNO4S2. The number of thioether (sulfide) groups is 1. The zero-order valence-corrected chi connectivity index (χ0v) is 15.5. The fourth-order valence-electron chi connectivity index (χ4n) is 2.04. The third-order valence-electron chi connectivity index (χ3n) is 3.12. The molecule has 122 valence electrons. The maximum absolute atomic E-state index is 12.4. The Bertz CT molecular complexity index is 690. The number of carbonyl (C=O) groups is 2. The Morgan fingerprint density at radius 1 is 1.52 bits per heavy atom. The number of hydrogen-bond donors (Lipinski definition) is 1. The van der Waals surface area contributed by atoms with Crippen molar-refractivity contribution in [3.63, 3.8) is 0 Å². The lowest BCUT2D eigenvalue weighted by Crippen LogP contribution is -2.29. The summed E-state index contributed by atoms with van der Waals surface area (Å²) in [6, 6.07) is 5.52. The molecule has 0 atom stereocenters. The Morgan fingerprint density at radius 2 is 2.26 bits per heavy atom. The molecule has 23 heavy (non-hydrogen) atoms. The maximum atomic E-state index is 12.4. The van der Waals surface area contributed by atoms with Gasteiger partial charge in [0.1, 0.15) is 10.1 Å². The van der Waals surface area contributed by atoms with Crippen LogP contribution in [-0.4, -0.2) is 39.9 Å². The first-order valence-corrected chi connectivity index (χ1v) is 8.75. The average Bonchev–Trinajstić information content (AvgIpc) is 2.74. The van der Waals surface area contributed by atoms with E-state index in [4.69, 9.17) is 22.1 Å². The zero-order chi connectivity index (χ0) is 17.0. The number of hydrogen-bond acceptors (Lipinski definition) is 5. The molecule has 0 aliphatic carbocycles. The van der Waals surface area contributed by atoms with Gasteiger partial charge in [-0.05, 0) is 30.7 Å². The number of carbonyl (C=O) groups excluding carboxylic acids is 1. The number of methoxy groups -OCH3 is 1. The maximum Gasteiger partial charge on any atom is 0.303 e. The molecule has 0 aromatic heterocycles. The highest BCUT2D eigenvalue weighted by atomic mass is 79.9. The Morgan fingerprint density at radius 3 is 2.91 bits per heavy atom. The lowest BCUT2D eigenvalue weighted by atomic mass is 10.2. The van der Waals surface area contributed by atoms with Gasteiger partial charge in [0.05, 0.1) is 12.0 Å². The van der Waals surface area contributed by atoms with Crippen LogP contribution in [0.3, 0.4) is 0 Å². The summed E-state index contributed by atoms with van der Waals surface area (Å²) in [5.41, 5.74) is 0.771. The summed E-state index contributed by atoms with van der Waals surface area (Å²) in [6.07, 6.45) is 2.12. The van der Waals surface area contributed by atoms with Gasteiger partial charge in [0.15, 0.2) is 0 Å². The van der Waals surface area contributed by atoms with E-state index < -0.39 is 5.97 Å². The van der Waals surface area contributed by atoms with E-state index in [0.717, 1.165) is 10.0 Å². The molecule has 5 nitrogen and oxygen atoms in total. The molecule has 0 saturated carbocycles. The van der Waals surface area contributed by atoms with E-state index in [-0.39, 0.29) is 12.3 Å². The van der Waals surface area contributed by atoms with Gasteiger partial charge in [-0.1, -0.05) is 39.9 Å². The quantitative estimate of drug-likeness (QED) is 0.566. The minimum atomic E-state index is -0.884. The normalized spacial score (nSPS) is 16.3. The smallest absolute Gasteiger partial charge is 0.303 e. The van der Waals surface area contributed by atoms with Crippen molar-refractivity contribution in [2.45, 2.75) is 12.8 Å². The van der Waals surface area contributed by atoms with Crippen LogP contribution in [-0.2, 0) is 9.59 Å². The van der Waals surface area contributed by atoms with Crippen LogP contribution in [0, 0.1) is 0 Å². The number of carboxylic acids is 1. The van der Waals surface area contributed by atoms with Crippen molar-refractivity contribution in [3.8, 4) is 5.75 Å². The zero-order valence-electron chi connectivity index (χ0n) is 12.2. The van der Waals surface area contributed by atoms with E-state index in [1.807, 2.05) is 18.2 Å². The van der Waals surface area contributed by atoms with Gasteiger partial charge in [0.25, 0.3) is 5.91 Å². The Labute approximate surface area is 151 Å². The van der Waals surface area contributed by atoms with Crippen LogP contribution in [0.15, 0.2) is 27.6 Å². The molecule has 1 aliphatic heterocycles. The van der Waals surface area contributed by atoms with Gasteiger partial charge in [-0.3, -0.25) is 14.5 Å². The molecule has 0 bridgehead atoms. The van der Waals surface area contributed by atoms with E-state index in [1.54, 1.807) is 13.2 Å². The van der Waals surface area contributed by atoms with Crippen molar-refractivity contribution in [2.75, 3.05) is 13.7 Å². The summed E-state index contributed by atoms with van der Waals surface area (Å²) < 4.78 is 6.61. The molecule has 1 fully saturated rings. The van der Waals surface area contributed by atoms with E-state index in [0.29, 0.717) is 27.9 Å². The highest BCUT2D eigenvalue weighted by molar-refractivity contribution is 9.10. The van der Waals surface area contributed by atoms with Gasteiger partial charge < -0.3 is 9.84 Å². The lowest BCUT2D eigenvalue weighted by Gasteiger charge is -2.13. The van der Waals surface area contributed by atoms with Crippen LogP contribution in [0.1, 0.15) is 18.4 Å². The number of halogens is 1. The number of rotatable bonds is 6. The third-order valence-corrected chi connectivity index (χ3v) is 5.00. The molecule has 1 aliphatic rings. The largest absolute Gasteiger partial charge is 0.496 e. The molecule has 1 aromatic rings. The summed E-state index contributed by atoms with van der Waals surface area (Å²) >= 11 is 9.82. The van der Waals surface area contributed by atoms with Crippen molar-refractivity contribution < 1.29 is 19.4 Å². The Hall–Kier alpha value is -1.38. The second-order valence-electron chi connectivity index (χ2n) is 4.72. The summed E-state index contributed by atoms with van der Waals surface area (Å²) in [4.78, 5) is 24.9. The molecule has 1 aromatic carbocycles.